The SMILES string of the molecule is CC12CNCC1c1cccc(C3CCCC3)c1CO2. The summed E-state index contributed by atoms with van der Waals surface area (Å²) in [6.45, 7) is 5.14. The summed E-state index contributed by atoms with van der Waals surface area (Å²) in [7, 11) is 0. The Morgan fingerprint density at radius 2 is 2.00 bits per heavy atom. The fourth-order valence-corrected chi connectivity index (χ4v) is 4.37. The van der Waals surface area contributed by atoms with Crippen LogP contribution in [0.4, 0.5) is 0 Å². The van der Waals surface area contributed by atoms with Crippen LogP contribution in [0.2, 0.25) is 0 Å². The zero-order chi connectivity index (χ0) is 12.9. The molecule has 2 heteroatoms. The van der Waals surface area contributed by atoms with Crippen molar-refractivity contribution in [3.05, 3.63) is 34.9 Å². The van der Waals surface area contributed by atoms with E-state index in [-0.39, 0.29) is 5.60 Å². The molecule has 2 fully saturated rings. The van der Waals surface area contributed by atoms with E-state index in [0.29, 0.717) is 5.92 Å². The van der Waals surface area contributed by atoms with Crippen molar-refractivity contribution in [1.29, 1.82) is 0 Å². The van der Waals surface area contributed by atoms with Crippen LogP contribution >= 0.6 is 0 Å². The summed E-state index contributed by atoms with van der Waals surface area (Å²) in [5.41, 5.74) is 4.68. The highest BCUT2D eigenvalue weighted by atomic mass is 16.5. The van der Waals surface area contributed by atoms with Gasteiger partial charge in [0.2, 0.25) is 0 Å². The van der Waals surface area contributed by atoms with Gasteiger partial charge in [-0.25, -0.2) is 0 Å². The highest BCUT2D eigenvalue weighted by molar-refractivity contribution is 5.43. The van der Waals surface area contributed by atoms with E-state index in [1.54, 1.807) is 11.1 Å². The second kappa shape index (κ2) is 4.32. The first kappa shape index (κ1) is 11.9. The fourth-order valence-electron chi connectivity index (χ4n) is 4.37. The molecule has 0 spiro atoms. The first-order chi connectivity index (χ1) is 9.28. The van der Waals surface area contributed by atoms with Crippen molar-refractivity contribution >= 4 is 0 Å². The molecule has 1 N–H and O–H groups in total. The van der Waals surface area contributed by atoms with E-state index >= 15 is 0 Å². The molecule has 102 valence electrons. The first-order valence-electron chi connectivity index (χ1n) is 7.74. The third-order valence-electron chi connectivity index (χ3n) is 5.53. The lowest BCUT2D eigenvalue weighted by atomic mass is 9.78. The minimum absolute atomic E-state index is 0.0152. The Hall–Kier alpha value is -0.860. The standard InChI is InChI=1S/C17H23NO/c1-17-11-18-9-16(17)14-8-4-7-13(15(14)10-19-17)12-5-2-3-6-12/h4,7-8,12,16,18H,2-3,5-6,9-11H2,1H3. The van der Waals surface area contributed by atoms with E-state index in [1.165, 1.54) is 31.2 Å². The third kappa shape index (κ3) is 1.77. The summed E-state index contributed by atoms with van der Waals surface area (Å²) in [5, 5.41) is 3.51. The highest BCUT2D eigenvalue weighted by Crippen LogP contribution is 2.45. The minimum Gasteiger partial charge on any atom is -0.369 e. The number of hydrogen-bond donors (Lipinski definition) is 1. The number of rotatable bonds is 1. The molecule has 2 aliphatic heterocycles. The molecule has 19 heavy (non-hydrogen) atoms. The van der Waals surface area contributed by atoms with Gasteiger partial charge in [-0.1, -0.05) is 31.0 Å². The predicted octanol–water partition coefficient (Wildman–Crippen LogP) is 3.32. The Balaban J connectivity index is 1.77. The topological polar surface area (TPSA) is 21.3 Å². The van der Waals surface area contributed by atoms with E-state index < -0.39 is 0 Å². The van der Waals surface area contributed by atoms with E-state index in [9.17, 15) is 0 Å². The van der Waals surface area contributed by atoms with Crippen LogP contribution < -0.4 is 5.32 Å². The quantitative estimate of drug-likeness (QED) is 0.833. The van der Waals surface area contributed by atoms with Crippen molar-refractivity contribution in [2.24, 2.45) is 0 Å². The summed E-state index contributed by atoms with van der Waals surface area (Å²) in [6.07, 6.45) is 5.54. The van der Waals surface area contributed by atoms with Gasteiger partial charge in [-0.05, 0) is 42.4 Å². The number of fused-ring (bicyclic) bond motifs is 3. The molecule has 1 saturated carbocycles. The zero-order valence-electron chi connectivity index (χ0n) is 11.7. The Morgan fingerprint density at radius 1 is 1.21 bits per heavy atom. The Labute approximate surface area is 115 Å². The van der Waals surface area contributed by atoms with Crippen molar-refractivity contribution in [3.63, 3.8) is 0 Å². The average Bonchev–Trinajstić information content (AvgIpc) is 3.06. The number of hydrogen-bond acceptors (Lipinski definition) is 2. The molecular weight excluding hydrogens is 234 g/mol. The van der Waals surface area contributed by atoms with Crippen LogP contribution in [0.3, 0.4) is 0 Å². The maximum atomic E-state index is 6.25. The Bertz CT molecular complexity index is 492. The van der Waals surface area contributed by atoms with Crippen LogP contribution in [0.25, 0.3) is 0 Å². The third-order valence-corrected chi connectivity index (χ3v) is 5.53. The summed E-state index contributed by atoms with van der Waals surface area (Å²) >= 11 is 0. The molecule has 1 aromatic rings. The molecule has 3 aliphatic rings. The molecular formula is C17H23NO. The van der Waals surface area contributed by atoms with E-state index in [4.69, 9.17) is 4.74 Å². The normalized spacial score (nSPS) is 34.3. The van der Waals surface area contributed by atoms with E-state index in [1.807, 2.05) is 0 Å². The molecule has 1 saturated heterocycles. The molecule has 2 atom stereocenters. The van der Waals surface area contributed by atoms with Crippen LogP contribution in [0.1, 0.15) is 61.1 Å². The highest BCUT2D eigenvalue weighted by Gasteiger charge is 2.45. The van der Waals surface area contributed by atoms with Crippen LogP contribution in [0.15, 0.2) is 18.2 Å². The molecule has 2 unspecified atom stereocenters. The molecule has 1 aliphatic carbocycles. The lowest BCUT2D eigenvalue weighted by molar-refractivity contribution is -0.0522. The molecule has 0 bridgehead atoms. The van der Waals surface area contributed by atoms with Gasteiger partial charge in [-0.15, -0.1) is 0 Å². The van der Waals surface area contributed by atoms with Crippen LogP contribution in [-0.4, -0.2) is 18.7 Å². The lowest BCUT2D eigenvalue weighted by Gasteiger charge is -2.38. The van der Waals surface area contributed by atoms with Crippen LogP contribution in [0.5, 0.6) is 0 Å². The smallest absolute Gasteiger partial charge is 0.0863 e. The maximum Gasteiger partial charge on any atom is 0.0863 e. The van der Waals surface area contributed by atoms with Gasteiger partial charge in [0.15, 0.2) is 0 Å². The largest absolute Gasteiger partial charge is 0.369 e. The summed E-state index contributed by atoms with van der Waals surface area (Å²) < 4.78 is 6.25. The minimum atomic E-state index is 0.0152. The molecule has 2 heterocycles. The average molecular weight is 257 g/mol. The summed E-state index contributed by atoms with van der Waals surface area (Å²) in [4.78, 5) is 0. The van der Waals surface area contributed by atoms with Crippen LogP contribution in [-0.2, 0) is 11.3 Å². The summed E-state index contributed by atoms with van der Waals surface area (Å²) in [6, 6.07) is 6.96. The van der Waals surface area contributed by atoms with Crippen molar-refractivity contribution in [2.75, 3.05) is 13.1 Å². The van der Waals surface area contributed by atoms with Gasteiger partial charge in [0.05, 0.1) is 12.2 Å². The number of benzene rings is 1. The molecule has 0 aromatic heterocycles. The maximum absolute atomic E-state index is 6.25. The van der Waals surface area contributed by atoms with Crippen molar-refractivity contribution in [2.45, 2.75) is 56.7 Å². The van der Waals surface area contributed by atoms with E-state index in [2.05, 4.69) is 30.4 Å². The summed E-state index contributed by atoms with van der Waals surface area (Å²) in [5.74, 6) is 1.33. The molecule has 1 aromatic carbocycles. The Morgan fingerprint density at radius 3 is 2.84 bits per heavy atom. The molecule has 0 radical (unpaired) electrons. The number of nitrogens with one attached hydrogen (secondary N) is 1. The predicted molar refractivity (Wildman–Crippen MR) is 76.5 cm³/mol. The van der Waals surface area contributed by atoms with Crippen molar-refractivity contribution < 1.29 is 4.74 Å². The van der Waals surface area contributed by atoms with Gasteiger partial charge in [0.25, 0.3) is 0 Å². The van der Waals surface area contributed by atoms with Gasteiger partial charge < -0.3 is 10.1 Å². The van der Waals surface area contributed by atoms with Gasteiger partial charge in [0.1, 0.15) is 0 Å². The van der Waals surface area contributed by atoms with Crippen molar-refractivity contribution in [1.82, 2.24) is 5.32 Å². The van der Waals surface area contributed by atoms with Gasteiger partial charge in [-0.3, -0.25) is 0 Å². The Kier molecular flexibility index (Phi) is 2.71. The van der Waals surface area contributed by atoms with E-state index in [0.717, 1.165) is 25.6 Å². The van der Waals surface area contributed by atoms with Gasteiger partial charge in [-0.2, -0.15) is 0 Å². The molecule has 0 amide bonds. The zero-order valence-corrected chi connectivity index (χ0v) is 11.7. The van der Waals surface area contributed by atoms with Crippen molar-refractivity contribution in [3.8, 4) is 0 Å². The van der Waals surface area contributed by atoms with Gasteiger partial charge >= 0.3 is 0 Å². The molecule has 4 rings (SSSR count). The second-order valence-corrected chi connectivity index (χ2v) is 6.68. The first-order valence-corrected chi connectivity index (χ1v) is 7.74. The number of ether oxygens (including phenoxy) is 1. The second-order valence-electron chi connectivity index (χ2n) is 6.68. The van der Waals surface area contributed by atoms with Gasteiger partial charge in [0, 0.05) is 19.0 Å². The monoisotopic (exact) mass is 257 g/mol. The molecule has 2 nitrogen and oxygen atoms in total. The lowest BCUT2D eigenvalue weighted by Crippen LogP contribution is -2.40. The van der Waals surface area contributed by atoms with Crippen LogP contribution in [0, 0.1) is 0 Å². The fraction of sp³-hybridized carbons (Fsp3) is 0.647.